The van der Waals surface area contributed by atoms with Crippen molar-refractivity contribution in [2.75, 3.05) is 13.1 Å². The highest BCUT2D eigenvalue weighted by atomic mass is 35.5. The van der Waals surface area contributed by atoms with E-state index in [1.165, 1.54) is 12.0 Å². The van der Waals surface area contributed by atoms with Crippen LogP contribution in [-0.2, 0) is 0 Å². The highest BCUT2D eigenvalue weighted by Gasteiger charge is 2.29. The number of rotatable bonds is 3. The van der Waals surface area contributed by atoms with Gasteiger partial charge in [-0.15, -0.1) is 0 Å². The molecule has 0 unspecified atom stereocenters. The quantitative estimate of drug-likeness (QED) is 0.540. The van der Waals surface area contributed by atoms with Crippen LogP contribution in [0.15, 0.2) is 52.3 Å². The molecular formula is C23H25ClN2OS. The second kappa shape index (κ2) is 7.84. The minimum absolute atomic E-state index is 0.101. The fraction of sp³-hybridized carbons (Fsp3) is 0.348. The molecule has 1 amide bonds. The molecule has 4 rings (SSSR count). The lowest BCUT2D eigenvalue weighted by molar-refractivity contribution is 0.0614. The minimum Gasteiger partial charge on any atom is -0.350 e. The maximum absolute atomic E-state index is 13.5. The fourth-order valence-electron chi connectivity index (χ4n) is 4.15. The molecule has 0 saturated carbocycles. The predicted molar refractivity (Wildman–Crippen MR) is 117 cm³/mol. The van der Waals surface area contributed by atoms with E-state index in [2.05, 4.69) is 44.0 Å². The summed E-state index contributed by atoms with van der Waals surface area (Å²) in [5.41, 5.74) is 2.88. The standard InChI is InChI=1S/C23H25ClN2OS/c1-14-4-9-19-20(11-14)25-21(22(19)28-18-7-5-17(24)6-8-18)23(27)26-12-15(2)10-16(3)13-26/h4-9,11,15-16,25H,10,12-13H2,1-3H3/t15-,16-/m1/s1. The first kappa shape index (κ1) is 19.4. The molecule has 5 heteroatoms. The van der Waals surface area contributed by atoms with Crippen molar-refractivity contribution in [2.24, 2.45) is 11.8 Å². The van der Waals surface area contributed by atoms with Gasteiger partial charge in [0.2, 0.25) is 0 Å². The number of hydrogen-bond donors (Lipinski definition) is 1. The second-order valence-corrected chi connectivity index (χ2v) is 9.61. The third-order valence-electron chi connectivity index (χ3n) is 5.31. The summed E-state index contributed by atoms with van der Waals surface area (Å²) in [5.74, 6) is 1.17. The summed E-state index contributed by atoms with van der Waals surface area (Å²) >= 11 is 7.66. The minimum atomic E-state index is 0.101. The first-order valence-electron chi connectivity index (χ1n) is 9.75. The smallest absolute Gasteiger partial charge is 0.271 e. The van der Waals surface area contributed by atoms with E-state index < -0.39 is 0 Å². The molecule has 1 saturated heterocycles. The van der Waals surface area contributed by atoms with Crippen molar-refractivity contribution in [3.05, 3.63) is 58.7 Å². The number of halogens is 1. The van der Waals surface area contributed by atoms with Gasteiger partial charge in [0.1, 0.15) is 5.69 Å². The number of hydrogen-bond acceptors (Lipinski definition) is 2. The van der Waals surface area contributed by atoms with Crippen LogP contribution in [0.5, 0.6) is 0 Å². The molecule has 0 bridgehead atoms. The summed E-state index contributed by atoms with van der Waals surface area (Å²) in [5, 5.41) is 1.80. The summed E-state index contributed by atoms with van der Waals surface area (Å²) in [7, 11) is 0. The van der Waals surface area contributed by atoms with Crippen molar-refractivity contribution >= 4 is 40.2 Å². The van der Waals surface area contributed by atoms with E-state index in [0.717, 1.165) is 33.8 Å². The number of likely N-dealkylation sites (tertiary alicyclic amines) is 1. The number of nitrogens with one attached hydrogen (secondary N) is 1. The third-order valence-corrected chi connectivity index (χ3v) is 6.70. The first-order chi connectivity index (χ1) is 13.4. The molecule has 1 aliphatic heterocycles. The van der Waals surface area contributed by atoms with Crippen molar-refractivity contribution in [1.29, 1.82) is 0 Å². The number of aryl methyl sites for hydroxylation is 1. The van der Waals surface area contributed by atoms with E-state index in [-0.39, 0.29) is 5.91 Å². The van der Waals surface area contributed by atoms with Gasteiger partial charge in [0, 0.05) is 33.9 Å². The zero-order chi connectivity index (χ0) is 19.8. The van der Waals surface area contributed by atoms with Crippen LogP contribution in [0, 0.1) is 18.8 Å². The first-order valence-corrected chi connectivity index (χ1v) is 10.9. The monoisotopic (exact) mass is 412 g/mol. The lowest BCUT2D eigenvalue weighted by Gasteiger charge is -2.34. The maximum Gasteiger partial charge on any atom is 0.271 e. The molecular weight excluding hydrogens is 388 g/mol. The molecule has 146 valence electrons. The van der Waals surface area contributed by atoms with Crippen LogP contribution < -0.4 is 0 Å². The molecule has 0 radical (unpaired) electrons. The Morgan fingerprint density at radius 2 is 1.79 bits per heavy atom. The fourth-order valence-corrected chi connectivity index (χ4v) is 5.31. The highest BCUT2D eigenvalue weighted by molar-refractivity contribution is 7.99. The number of aromatic nitrogens is 1. The van der Waals surface area contributed by atoms with E-state index in [4.69, 9.17) is 11.6 Å². The van der Waals surface area contributed by atoms with Crippen LogP contribution >= 0.6 is 23.4 Å². The van der Waals surface area contributed by atoms with E-state index in [0.29, 0.717) is 22.6 Å². The van der Waals surface area contributed by atoms with Gasteiger partial charge in [-0.25, -0.2) is 0 Å². The summed E-state index contributed by atoms with van der Waals surface area (Å²) in [6.07, 6.45) is 1.18. The van der Waals surface area contributed by atoms with E-state index in [1.54, 1.807) is 11.8 Å². The Balaban J connectivity index is 1.76. The lowest BCUT2D eigenvalue weighted by atomic mass is 9.92. The van der Waals surface area contributed by atoms with Gasteiger partial charge in [0.25, 0.3) is 5.91 Å². The number of piperidine rings is 1. The van der Waals surface area contributed by atoms with E-state index in [1.807, 2.05) is 29.2 Å². The zero-order valence-corrected chi connectivity index (χ0v) is 18.0. The van der Waals surface area contributed by atoms with Gasteiger partial charge in [-0.05, 0) is 61.1 Å². The summed E-state index contributed by atoms with van der Waals surface area (Å²) in [4.78, 5) is 21.0. The molecule has 0 aliphatic carbocycles. The van der Waals surface area contributed by atoms with Gasteiger partial charge in [-0.1, -0.05) is 49.3 Å². The van der Waals surface area contributed by atoms with Crippen LogP contribution in [0.1, 0.15) is 36.3 Å². The Labute approximate surface area is 175 Å². The number of nitrogens with zero attached hydrogens (tertiary/aromatic N) is 1. The number of amides is 1. The second-order valence-electron chi connectivity index (χ2n) is 8.09. The zero-order valence-electron chi connectivity index (χ0n) is 16.5. The molecule has 3 aromatic rings. The van der Waals surface area contributed by atoms with Gasteiger partial charge < -0.3 is 9.88 Å². The molecule has 2 atom stereocenters. The Kier molecular flexibility index (Phi) is 5.44. The van der Waals surface area contributed by atoms with Crippen LogP contribution in [-0.4, -0.2) is 28.9 Å². The third kappa shape index (κ3) is 3.94. The molecule has 2 heterocycles. The number of benzene rings is 2. The summed E-state index contributed by atoms with van der Waals surface area (Å²) in [6, 6.07) is 14.1. The molecule has 2 aromatic carbocycles. The van der Waals surface area contributed by atoms with Crippen molar-refractivity contribution in [2.45, 2.75) is 37.0 Å². The van der Waals surface area contributed by atoms with E-state index in [9.17, 15) is 4.79 Å². The Bertz CT molecular complexity index is 1000. The molecule has 28 heavy (non-hydrogen) atoms. The molecule has 1 aliphatic rings. The topological polar surface area (TPSA) is 36.1 Å². The molecule has 1 aromatic heterocycles. The van der Waals surface area contributed by atoms with E-state index >= 15 is 0 Å². The number of H-pyrrole nitrogens is 1. The van der Waals surface area contributed by atoms with Crippen molar-refractivity contribution < 1.29 is 4.79 Å². The normalized spacial score (nSPS) is 19.9. The lowest BCUT2D eigenvalue weighted by Crippen LogP contribution is -2.42. The Hall–Kier alpha value is -1.91. The highest BCUT2D eigenvalue weighted by Crippen LogP contribution is 2.38. The van der Waals surface area contributed by atoms with Crippen LogP contribution in [0.25, 0.3) is 10.9 Å². The SMILES string of the molecule is Cc1ccc2c(Sc3ccc(Cl)cc3)c(C(=O)N3C[C@H](C)C[C@@H](C)C3)[nH]c2c1. The van der Waals surface area contributed by atoms with Gasteiger partial charge in [0.15, 0.2) is 0 Å². The van der Waals surface area contributed by atoms with Crippen molar-refractivity contribution in [3.8, 4) is 0 Å². The van der Waals surface area contributed by atoms with Crippen LogP contribution in [0.4, 0.5) is 0 Å². The summed E-state index contributed by atoms with van der Waals surface area (Å²) < 4.78 is 0. The number of carbonyl (C=O) groups excluding carboxylic acids is 1. The largest absolute Gasteiger partial charge is 0.350 e. The average molecular weight is 413 g/mol. The van der Waals surface area contributed by atoms with Gasteiger partial charge in [-0.2, -0.15) is 0 Å². The maximum atomic E-state index is 13.5. The number of aromatic amines is 1. The van der Waals surface area contributed by atoms with Gasteiger partial charge in [0.05, 0.1) is 4.90 Å². The molecule has 3 nitrogen and oxygen atoms in total. The average Bonchev–Trinajstić information content (AvgIpc) is 2.99. The number of fused-ring (bicyclic) bond motifs is 1. The number of carbonyl (C=O) groups is 1. The van der Waals surface area contributed by atoms with Gasteiger partial charge in [-0.3, -0.25) is 4.79 Å². The molecule has 1 N–H and O–H groups in total. The van der Waals surface area contributed by atoms with Gasteiger partial charge >= 0.3 is 0 Å². The molecule has 0 spiro atoms. The van der Waals surface area contributed by atoms with Crippen LogP contribution in [0.3, 0.4) is 0 Å². The Morgan fingerprint density at radius 3 is 2.46 bits per heavy atom. The molecule has 1 fully saturated rings. The van der Waals surface area contributed by atoms with Crippen molar-refractivity contribution in [3.63, 3.8) is 0 Å². The predicted octanol–water partition coefficient (Wildman–Crippen LogP) is 6.40. The van der Waals surface area contributed by atoms with Crippen LogP contribution in [0.2, 0.25) is 5.02 Å². The summed E-state index contributed by atoms with van der Waals surface area (Å²) in [6.45, 7) is 8.18. The Morgan fingerprint density at radius 1 is 1.11 bits per heavy atom. The van der Waals surface area contributed by atoms with Crippen molar-refractivity contribution in [1.82, 2.24) is 9.88 Å².